The topological polar surface area (TPSA) is 50.7 Å². The summed E-state index contributed by atoms with van der Waals surface area (Å²) in [5.41, 5.74) is -0.346. The maximum atomic E-state index is 13.8. The van der Waals surface area contributed by atoms with Crippen LogP contribution in [0.1, 0.15) is 51.8 Å². The van der Waals surface area contributed by atoms with Crippen LogP contribution in [0.15, 0.2) is 35.1 Å². The first-order chi connectivity index (χ1) is 13.3. The van der Waals surface area contributed by atoms with Gasteiger partial charge in [0.25, 0.3) is 5.56 Å². The standard InChI is InChI=1S/C21H22F3N3OS/c1-11(2)27-17-16(18(28)26-19(27)29)14(21(22,23)24)10-15(25-17)12-6-8-13(9-7-12)20(3,4)5/h6-11H,1-5H3,(H,26,28,29). The Labute approximate surface area is 171 Å². The van der Waals surface area contributed by atoms with Crippen LogP contribution in [-0.4, -0.2) is 14.5 Å². The van der Waals surface area contributed by atoms with Crippen molar-refractivity contribution < 1.29 is 13.2 Å². The number of alkyl halides is 3. The van der Waals surface area contributed by atoms with E-state index in [0.717, 1.165) is 11.6 Å². The molecule has 0 aliphatic rings. The number of aromatic nitrogens is 3. The molecule has 1 aromatic carbocycles. The molecule has 1 N–H and O–H groups in total. The first-order valence-electron chi connectivity index (χ1n) is 9.18. The number of hydrogen-bond donors (Lipinski definition) is 1. The Morgan fingerprint density at radius 3 is 2.17 bits per heavy atom. The number of fused-ring (bicyclic) bond motifs is 1. The fraction of sp³-hybridized carbons (Fsp3) is 0.381. The highest BCUT2D eigenvalue weighted by Gasteiger charge is 2.35. The summed E-state index contributed by atoms with van der Waals surface area (Å²) in [5.74, 6) is 0. The maximum absolute atomic E-state index is 13.8. The molecule has 4 nitrogen and oxygen atoms in total. The van der Waals surface area contributed by atoms with Crippen LogP contribution in [-0.2, 0) is 11.6 Å². The molecule has 0 bridgehead atoms. The van der Waals surface area contributed by atoms with Crippen LogP contribution < -0.4 is 5.56 Å². The fourth-order valence-corrected chi connectivity index (χ4v) is 3.63. The van der Waals surface area contributed by atoms with E-state index in [1.54, 1.807) is 26.0 Å². The Kier molecular flexibility index (Phi) is 5.19. The van der Waals surface area contributed by atoms with Crippen LogP contribution in [0.4, 0.5) is 13.2 Å². The van der Waals surface area contributed by atoms with Crippen molar-refractivity contribution in [3.63, 3.8) is 0 Å². The lowest BCUT2D eigenvalue weighted by molar-refractivity contribution is -0.136. The molecule has 0 spiro atoms. The summed E-state index contributed by atoms with van der Waals surface area (Å²) in [7, 11) is 0. The van der Waals surface area contributed by atoms with Crippen molar-refractivity contribution in [3.8, 4) is 11.3 Å². The predicted molar refractivity (Wildman–Crippen MR) is 111 cm³/mol. The SMILES string of the molecule is CC(C)n1c(=S)[nH]c(=O)c2c(C(F)(F)F)cc(-c3ccc(C(C)(C)C)cc3)nc21. The third-order valence-electron chi connectivity index (χ3n) is 4.76. The summed E-state index contributed by atoms with van der Waals surface area (Å²) in [6.45, 7) is 9.71. The van der Waals surface area contributed by atoms with E-state index in [0.29, 0.717) is 5.56 Å². The van der Waals surface area contributed by atoms with E-state index in [1.807, 2.05) is 12.1 Å². The molecule has 0 radical (unpaired) electrons. The van der Waals surface area contributed by atoms with Gasteiger partial charge in [-0.25, -0.2) is 4.98 Å². The Balaban J connectivity index is 2.39. The highest BCUT2D eigenvalue weighted by atomic mass is 32.1. The molecule has 0 atom stereocenters. The zero-order valence-electron chi connectivity index (χ0n) is 16.8. The summed E-state index contributed by atoms with van der Waals surface area (Å²) in [4.78, 5) is 19.1. The van der Waals surface area contributed by atoms with Crippen LogP contribution in [0.3, 0.4) is 0 Å². The van der Waals surface area contributed by atoms with Gasteiger partial charge in [0.1, 0.15) is 5.65 Å². The molecule has 0 unspecified atom stereocenters. The van der Waals surface area contributed by atoms with Gasteiger partial charge in [-0.2, -0.15) is 13.2 Å². The van der Waals surface area contributed by atoms with E-state index in [9.17, 15) is 18.0 Å². The first kappa shape index (κ1) is 21.2. The zero-order valence-corrected chi connectivity index (χ0v) is 17.6. The molecule has 2 heterocycles. The van der Waals surface area contributed by atoms with E-state index < -0.39 is 22.7 Å². The number of aromatic amines is 1. The molecular formula is C21H22F3N3OS. The average molecular weight is 421 g/mol. The average Bonchev–Trinajstić information content (AvgIpc) is 2.58. The number of H-pyrrole nitrogens is 1. The Morgan fingerprint density at radius 1 is 1.10 bits per heavy atom. The smallest absolute Gasteiger partial charge is 0.300 e. The van der Waals surface area contributed by atoms with Crippen molar-refractivity contribution in [3.05, 3.63) is 56.6 Å². The fourth-order valence-electron chi connectivity index (χ4n) is 3.24. The molecule has 0 saturated heterocycles. The summed E-state index contributed by atoms with van der Waals surface area (Å²) >= 11 is 5.18. The minimum Gasteiger partial charge on any atom is -0.300 e. The molecule has 2 aromatic heterocycles. The molecule has 8 heteroatoms. The minimum absolute atomic E-state index is 0.0401. The van der Waals surface area contributed by atoms with Crippen molar-refractivity contribution >= 4 is 23.3 Å². The summed E-state index contributed by atoms with van der Waals surface area (Å²) < 4.78 is 43.0. The molecule has 3 aromatic rings. The Hall–Kier alpha value is -2.48. The quantitative estimate of drug-likeness (QED) is 0.515. The normalized spacial score (nSPS) is 12.7. The van der Waals surface area contributed by atoms with Gasteiger partial charge in [0.15, 0.2) is 4.77 Å². The lowest BCUT2D eigenvalue weighted by Gasteiger charge is -2.20. The molecule has 0 aliphatic carbocycles. The maximum Gasteiger partial charge on any atom is 0.417 e. The van der Waals surface area contributed by atoms with Crippen LogP contribution in [0, 0.1) is 4.77 Å². The van der Waals surface area contributed by atoms with Crippen LogP contribution in [0.2, 0.25) is 0 Å². The van der Waals surface area contributed by atoms with Gasteiger partial charge in [-0.15, -0.1) is 0 Å². The Morgan fingerprint density at radius 2 is 1.69 bits per heavy atom. The Bertz CT molecular complexity index is 1180. The third kappa shape index (κ3) is 3.99. The van der Waals surface area contributed by atoms with Crippen molar-refractivity contribution in [1.82, 2.24) is 14.5 Å². The summed E-state index contributed by atoms with van der Waals surface area (Å²) in [5, 5.41) is -0.505. The third-order valence-corrected chi connectivity index (χ3v) is 5.06. The lowest BCUT2D eigenvalue weighted by Crippen LogP contribution is -2.21. The molecule has 3 rings (SSSR count). The van der Waals surface area contributed by atoms with E-state index >= 15 is 0 Å². The highest BCUT2D eigenvalue weighted by Crippen LogP contribution is 2.36. The largest absolute Gasteiger partial charge is 0.417 e. The van der Waals surface area contributed by atoms with Gasteiger partial charge < -0.3 is 0 Å². The van der Waals surface area contributed by atoms with E-state index in [-0.39, 0.29) is 27.6 Å². The van der Waals surface area contributed by atoms with Gasteiger partial charge in [0, 0.05) is 11.6 Å². The van der Waals surface area contributed by atoms with Gasteiger partial charge in [0.2, 0.25) is 0 Å². The zero-order chi connectivity index (χ0) is 21.7. The van der Waals surface area contributed by atoms with Gasteiger partial charge >= 0.3 is 6.18 Å². The summed E-state index contributed by atoms with van der Waals surface area (Å²) in [6, 6.07) is 7.89. The van der Waals surface area contributed by atoms with Crippen molar-refractivity contribution in [1.29, 1.82) is 0 Å². The second-order valence-corrected chi connectivity index (χ2v) is 8.69. The predicted octanol–water partition coefficient (Wildman–Crippen LogP) is 6.02. The van der Waals surface area contributed by atoms with Crippen molar-refractivity contribution in [2.24, 2.45) is 0 Å². The molecular weight excluding hydrogens is 399 g/mol. The first-order valence-corrected chi connectivity index (χ1v) is 9.59. The molecule has 29 heavy (non-hydrogen) atoms. The molecule has 0 fully saturated rings. The number of hydrogen-bond acceptors (Lipinski definition) is 3. The van der Waals surface area contributed by atoms with Crippen LogP contribution >= 0.6 is 12.2 Å². The van der Waals surface area contributed by atoms with Crippen molar-refractivity contribution in [2.45, 2.75) is 52.3 Å². The molecule has 0 amide bonds. The lowest BCUT2D eigenvalue weighted by atomic mass is 9.86. The van der Waals surface area contributed by atoms with Gasteiger partial charge in [-0.3, -0.25) is 14.3 Å². The van der Waals surface area contributed by atoms with Gasteiger partial charge in [0.05, 0.1) is 16.6 Å². The molecule has 0 aliphatic heterocycles. The molecule has 0 saturated carbocycles. The number of halogens is 3. The number of rotatable bonds is 2. The second-order valence-electron chi connectivity index (χ2n) is 8.30. The monoisotopic (exact) mass is 421 g/mol. The molecule has 154 valence electrons. The number of pyridine rings is 1. The van der Waals surface area contributed by atoms with Crippen LogP contribution in [0.5, 0.6) is 0 Å². The van der Waals surface area contributed by atoms with Crippen LogP contribution in [0.25, 0.3) is 22.3 Å². The highest BCUT2D eigenvalue weighted by molar-refractivity contribution is 7.71. The van der Waals surface area contributed by atoms with Gasteiger partial charge in [-0.1, -0.05) is 45.0 Å². The van der Waals surface area contributed by atoms with E-state index in [4.69, 9.17) is 12.2 Å². The number of benzene rings is 1. The minimum atomic E-state index is -4.72. The number of nitrogens with zero attached hydrogens (tertiary/aromatic N) is 2. The van der Waals surface area contributed by atoms with E-state index in [2.05, 4.69) is 30.7 Å². The van der Waals surface area contributed by atoms with E-state index in [1.165, 1.54) is 4.57 Å². The van der Waals surface area contributed by atoms with Gasteiger partial charge in [-0.05, 0) is 43.1 Å². The number of nitrogens with one attached hydrogen (secondary N) is 1. The second kappa shape index (κ2) is 7.09. The summed E-state index contributed by atoms with van der Waals surface area (Å²) in [6.07, 6.45) is -4.72. The van der Waals surface area contributed by atoms with Crippen molar-refractivity contribution in [2.75, 3.05) is 0 Å².